The second-order valence-corrected chi connectivity index (χ2v) is 8.57. The Morgan fingerprint density at radius 3 is 2.50 bits per heavy atom. The zero-order valence-electron chi connectivity index (χ0n) is 10.3. The molecule has 0 radical (unpaired) electrons. The number of hydrogen-bond donors (Lipinski definition) is 1. The van der Waals surface area contributed by atoms with Gasteiger partial charge in [0.05, 0.1) is 3.79 Å². The third-order valence-electron chi connectivity index (χ3n) is 3.85. The van der Waals surface area contributed by atoms with Gasteiger partial charge in [-0.15, -0.1) is 11.3 Å². The lowest BCUT2D eigenvalue weighted by molar-refractivity contribution is 0.189. The van der Waals surface area contributed by atoms with Crippen LogP contribution < -0.4 is 5.32 Å². The summed E-state index contributed by atoms with van der Waals surface area (Å²) in [6, 6.07) is 3.86. The van der Waals surface area contributed by atoms with Crippen molar-refractivity contribution in [2.45, 2.75) is 44.3 Å². The van der Waals surface area contributed by atoms with E-state index in [2.05, 4.69) is 48.1 Å². The Morgan fingerprint density at radius 2 is 1.94 bits per heavy atom. The molecule has 0 amide bonds. The van der Waals surface area contributed by atoms with Gasteiger partial charge in [0.25, 0.3) is 0 Å². The van der Waals surface area contributed by atoms with Crippen molar-refractivity contribution in [3.05, 3.63) is 19.2 Å². The molecule has 18 heavy (non-hydrogen) atoms. The highest BCUT2D eigenvalue weighted by Crippen LogP contribution is 2.33. The van der Waals surface area contributed by atoms with Gasteiger partial charge in [-0.1, -0.05) is 0 Å². The summed E-state index contributed by atoms with van der Waals surface area (Å²) in [5.41, 5.74) is 0. The molecule has 1 saturated heterocycles. The smallest absolute Gasteiger partial charge is 0.0843 e. The van der Waals surface area contributed by atoms with E-state index in [9.17, 15) is 0 Å². The Balaban J connectivity index is 1.43. The summed E-state index contributed by atoms with van der Waals surface area (Å²) >= 11 is 8.91. The number of nitrogens with one attached hydrogen (secondary N) is 1. The molecule has 1 saturated carbocycles. The molecule has 0 unspecified atom stereocenters. The Hall–Kier alpha value is 0.580. The number of hydrogen-bond acceptors (Lipinski definition) is 3. The van der Waals surface area contributed by atoms with E-state index in [-0.39, 0.29) is 0 Å². The molecule has 1 aliphatic heterocycles. The number of nitrogens with zero attached hydrogens (tertiary/aromatic N) is 1. The van der Waals surface area contributed by atoms with Gasteiger partial charge in [0, 0.05) is 28.0 Å². The van der Waals surface area contributed by atoms with Gasteiger partial charge in [-0.05, 0) is 76.7 Å². The van der Waals surface area contributed by atoms with Crippen molar-refractivity contribution in [2.24, 2.45) is 0 Å². The normalized spacial score (nSPS) is 22.6. The summed E-state index contributed by atoms with van der Waals surface area (Å²) in [7, 11) is 0. The van der Waals surface area contributed by atoms with Crippen LogP contribution in [-0.2, 0) is 6.54 Å². The van der Waals surface area contributed by atoms with E-state index in [1.807, 2.05) is 11.3 Å². The second kappa shape index (κ2) is 5.92. The average Bonchev–Trinajstić information content (AvgIpc) is 3.16. The topological polar surface area (TPSA) is 15.3 Å². The summed E-state index contributed by atoms with van der Waals surface area (Å²) in [6.45, 7) is 3.59. The van der Waals surface area contributed by atoms with Crippen LogP contribution in [-0.4, -0.2) is 30.1 Å². The average molecular weight is 394 g/mol. The largest absolute Gasteiger partial charge is 0.309 e. The molecule has 0 spiro atoms. The predicted octanol–water partition coefficient (Wildman–Crippen LogP) is 3.99. The quantitative estimate of drug-likeness (QED) is 0.831. The van der Waals surface area contributed by atoms with E-state index in [0.29, 0.717) is 6.04 Å². The first-order valence-corrected chi connectivity index (χ1v) is 9.04. The molecule has 5 heteroatoms. The lowest BCUT2D eigenvalue weighted by Gasteiger charge is -2.32. The first-order chi connectivity index (χ1) is 8.72. The number of rotatable bonds is 4. The monoisotopic (exact) mass is 392 g/mol. The fraction of sp³-hybridized carbons (Fsp3) is 0.692. The summed E-state index contributed by atoms with van der Waals surface area (Å²) in [4.78, 5) is 4.08. The lowest BCUT2D eigenvalue weighted by atomic mass is 10.0. The first kappa shape index (κ1) is 13.6. The fourth-order valence-electron chi connectivity index (χ4n) is 2.63. The molecule has 100 valence electrons. The zero-order valence-corrected chi connectivity index (χ0v) is 14.3. The summed E-state index contributed by atoms with van der Waals surface area (Å²) in [6.07, 6.45) is 5.50. The Labute approximate surface area is 129 Å². The van der Waals surface area contributed by atoms with Crippen molar-refractivity contribution in [1.82, 2.24) is 10.2 Å². The summed E-state index contributed by atoms with van der Waals surface area (Å²) < 4.78 is 2.37. The van der Waals surface area contributed by atoms with Crippen LogP contribution >= 0.6 is 43.2 Å². The molecule has 2 heterocycles. The SMILES string of the molecule is Brc1cc(CNC2CCN(C3CC3)CC2)sc1Br. The molecule has 0 aromatic carbocycles. The predicted molar refractivity (Wildman–Crippen MR) is 84.2 cm³/mol. The molecular formula is C13H18Br2N2S. The van der Waals surface area contributed by atoms with Gasteiger partial charge in [-0.3, -0.25) is 0 Å². The van der Waals surface area contributed by atoms with Crippen LogP contribution in [0.2, 0.25) is 0 Å². The van der Waals surface area contributed by atoms with Gasteiger partial charge < -0.3 is 10.2 Å². The van der Waals surface area contributed by atoms with E-state index in [4.69, 9.17) is 0 Å². The minimum absolute atomic E-state index is 0.708. The third-order valence-corrected chi connectivity index (χ3v) is 7.11. The molecule has 1 N–H and O–H groups in total. The van der Waals surface area contributed by atoms with Crippen molar-refractivity contribution in [3.63, 3.8) is 0 Å². The minimum atomic E-state index is 0.708. The van der Waals surface area contributed by atoms with Crippen LogP contribution in [0.3, 0.4) is 0 Å². The highest BCUT2D eigenvalue weighted by atomic mass is 79.9. The molecule has 2 nitrogen and oxygen atoms in total. The van der Waals surface area contributed by atoms with Crippen molar-refractivity contribution in [2.75, 3.05) is 13.1 Å². The van der Waals surface area contributed by atoms with Crippen molar-refractivity contribution < 1.29 is 0 Å². The molecule has 2 aliphatic rings. The van der Waals surface area contributed by atoms with E-state index >= 15 is 0 Å². The Kier molecular flexibility index (Phi) is 4.46. The van der Waals surface area contributed by atoms with Gasteiger partial charge >= 0.3 is 0 Å². The van der Waals surface area contributed by atoms with Gasteiger partial charge in [0.2, 0.25) is 0 Å². The van der Waals surface area contributed by atoms with Crippen LogP contribution in [0.4, 0.5) is 0 Å². The molecule has 0 bridgehead atoms. The van der Waals surface area contributed by atoms with E-state index < -0.39 is 0 Å². The first-order valence-electron chi connectivity index (χ1n) is 6.63. The number of piperidine rings is 1. The lowest BCUT2D eigenvalue weighted by Crippen LogP contribution is -2.42. The van der Waals surface area contributed by atoms with Gasteiger partial charge in [0.1, 0.15) is 0 Å². The maximum Gasteiger partial charge on any atom is 0.0843 e. The van der Waals surface area contributed by atoms with Crippen LogP contribution in [0.25, 0.3) is 0 Å². The molecule has 0 atom stereocenters. The highest BCUT2D eigenvalue weighted by Gasteiger charge is 2.31. The summed E-state index contributed by atoms with van der Waals surface area (Å²) in [5, 5.41) is 3.70. The number of likely N-dealkylation sites (tertiary alicyclic amines) is 1. The van der Waals surface area contributed by atoms with Crippen molar-refractivity contribution >= 4 is 43.2 Å². The Bertz CT molecular complexity index is 390. The maximum atomic E-state index is 3.70. The second-order valence-electron chi connectivity index (χ2n) is 5.26. The molecule has 3 rings (SSSR count). The summed E-state index contributed by atoms with van der Waals surface area (Å²) in [5.74, 6) is 0. The number of thiophene rings is 1. The molecule has 2 fully saturated rings. The minimum Gasteiger partial charge on any atom is -0.309 e. The third kappa shape index (κ3) is 3.37. The van der Waals surface area contributed by atoms with E-state index in [0.717, 1.165) is 12.6 Å². The van der Waals surface area contributed by atoms with E-state index in [1.165, 1.54) is 51.9 Å². The van der Waals surface area contributed by atoms with Crippen LogP contribution in [0.1, 0.15) is 30.6 Å². The van der Waals surface area contributed by atoms with Crippen LogP contribution in [0, 0.1) is 0 Å². The Morgan fingerprint density at radius 1 is 1.22 bits per heavy atom. The fourth-order valence-corrected chi connectivity index (χ4v) is 4.76. The molecule has 1 aromatic rings. The standard InChI is InChI=1S/C13H18Br2N2S/c14-12-7-11(18-13(12)15)8-16-9-3-5-17(6-4-9)10-1-2-10/h7,9-10,16H,1-6,8H2. The molecular weight excluding hydrogens is 376 g/mol. The van der Waals surface area contributed by atoms with Gasteiger partial charge in [-0.2, -0.15) is 0 Å². The van der Waals surface area contributed by atoms with Crippen molar-refractivity contribution in [1.29, 1.82) is 0 Å². The van der Waals surface area contributed by atoms with E-state index in [1.54, 1.807) is 0 Å². The van der Waals surface area contributed by atoms with Crippen LogP contribution in [0.15, 0.2) is 14.3 Å². The van der Waals surface area contributed by atoms with Crippen molar-refractivity contribution in [3.8, 4) is 0 Å². The number of halogens is 2. The zero-order chi connectivity index (χ0) is 12.5. The molecule has 1 aliphatic carbocycles. The maximum absolute atomic E-state index is 3.70. The van der Waals surface area contributed by atoms with Crippen LogP contribution in [0.5, 0.6) is 0 Å². The molecule has 1 aromatic heterocycles. The van der Waals surface area contributed by atoms with Gasteiger partial charge in [0.15, 0.2) is 0 Å². The van der Waals surface area contributed by atoms with Gasteiger partial charge in [-0.25, -0.2) is 0 Å². The highest BCUT2D eigenvalue weighted by molar-refractivity contribution is 9.13.